The Morgan fingerprint density at radius 3 is 2.42 bits per heavy atom. The summed E-state index contributed by atoms with van der Waals surface area (Å²) in [5.74, 6) is 1.95. The van der Waals surface area contributed by atoms with E-state index in [0.29, 0.717) is 43.5 Å². The highest BCUT2D eigenvalue weighted by Crippen LogP contribution is 2.34. The molecule has 1 amide bonds. The summed E-state index contributed by atoms with van der Waals surface area (Å²) in [6.07, 6.45) is 6.34. The summed E-state index contributed by atoms with van der Waals surface area (Å²) in [7, 11) is 1.62. The van der Waals surface area contributed by atoms with Crippen molar-refractivity contribution in [3.05, 3.63) is 23.3 Å². The minimum Gasteiger partial charge on any atom is -0.493 e. The lowest BCUT2D eigenvalue weighted by Gasteiger charge is -2.26. The van der Waals surface area contributed by atoms with Crippen LogP contribution in [0.25, 0.3) is 0 Å². The lowest BCUT2D eigenvalue weighted by molar-refractivity contribution is -0.130. The molecule has 1 fully saturated rings. The second-order valence-corrected chi connectivity index (χ2v) is 8.99. The number of hydrogen-bond acceptors (Lipinski definition) is 5. The molecule has 6 heteroatoms. The van der Waals surface area contributed by atoms with Crippen molar-refractivity contribution in [3.8, 4) is 11.5 Å². The third-order valence-corrected chi connectivity index (χ3v) is 6.28. The van der Waals surface area contributed by atoms with Crippen molar-refractivity contribution in [1.82, 2.24) is 5.32 Å². The van der Waals surface area contributed by atoms with Gasteiger partial charge < -0.3 is 19.5 Å². The smallest absolute Gasteiger partial charge is 0.224 e. The van der Waals surface area contributed by atoms with Crippen molar-refractivity contribution >= 4 is 11.7 Å². The Morgan fingerprint density at radius 1 is 1.03 bits per heavy atom. The van der Waals surface area contributed by atoms with Crippen molar-refractivity contribution in [2.75, 3.05) is 26.9 Å². The summed E-state index contributed by atoms with van der Waals surface area (Å²) in [5, 5.41) is 3.02. The lowest BCUT2D eigenvalue weighted by Crippen LogP contribution is -2.31. The number of rotatable bonds is 5. The number of fused-ring (bicyclic) bond motifs is 1. The average Bonchev–Trinajstić information content (AvgIpc) is 2.75. The second kappa shape index (κ2) is 11.5. The van der Waals surface area contributed by atoms with Gasteiger partial charge in [-0.15, -0.1) is 0 Å². The van der Waals surface area contributed by atoms with Crippen LogP contribution in [0.15, 0.2) is 12.1 Å². The number of hydrogen-bond donors (Lipinski definition) is 1. The van der Waals surface area contributed by atoms with Crippen LogP contribution in [0, 0.1) is 11.8 Å². The lowest BCUT2D eigenvalue weighted by atomic mass is 9.82. The van der Waals surface area contributed by atoms with E-state index in [9.17, 15) is 9.59 Å². The van der Waals surface area contributed by atoms with Crippen molar-refractivity contribution in [2.45, 2.75) is 71.3 Å². The standard InChI is InChI=1S/C25H37NO5/c1-17(2)31-23-14-20-7-4-6-18(25(28)19-9-12-30-13-10-19)8-5-11-26-24(27)16-21(20)15-22(23)29-3/h14-15,17-19H,4-13,16H2,1-3H3,(H,26,27). The van der Waals surface area contributed by atoms with Crippen molar-refractivity contribution in [1.29, 1.82) is 0 Å². The molecule has 1 atom stereocenters. The molecule has 6 nitrogen and oxygen atoms in total. The van der Waals surface area contributed by atoms with Gasteiger partial charge in [-0.1, -0.05) is 0 Å². The first-order chi connectivity index (χ1) is 15.0. The van der Waals surface area contributed by atoms with Crippen LogP contribution in [0.4, 0.5) is 0 Å². The fourth-order valence-corrected chi connectivity index (χ4v) is 4.64. The molecule has 1 aromatic carbocycles. The average molecular weight is 432 g/mol. The van der Waals surface area contributed by atoms with Crippen LogP contribution >= 0.6 is 0 Å². The third-order valence-electron chi connectivity index (χ3n) is 6.28. The van der Waals surface area contributed by atoms with Gasteiger partial charge in [-0.3, -0.25) is 9.59 Å². The largest absolute Gasteiger partial charge is 0.493 e. The van der Waals surface area contributed by atoms with Gasteiger partial charge in [0.1, 0.15) is 5.78 Å². The summed E-state index contributed by atoms with van der Waals surface area (Å²) >= 11 is 0. The van der Waals surface area contributed by atoms with Gasteiger partial charge in [-0.25, -0.2) is 0 Å². The van der Waals surface area contributed by atoms with Crippen molar-refractivity contribution < 1.29 is 23.8 Å². The number of nitrogens with one attached hydrogen (secondary N) is 1. The van der Waals surface area contributed by atoms with Gasteiger partial charge in [0.2, 0.25) is 5.91 Å². The first kappa shape index (κ1) is 23.6. The Kier molecular flexibility index (Phi) is 8.76. The molecule has 2 aliphatic rings. The van der Waals surface area contributed by atoms with E-state index >= 15 is 0 Å². The molecule has 3 rings (SSSR count). The van der Waals surface area contributed by atoms with E-state index in [1.54, 1.807) is 7.11 Å². The van der Waals surface area contributed by atoms with Gasteiger partial charge >= 0.3 is 0 Å². The van der Waals surface area contributed by atoms with Crippen LogP contribution in [0.5, 0.6) is 11.5 Å². The summed E-state index contributed by atoms with van der Waals surface area (Å²) in [6.45, 7) is 5.95. The van der Waals surface area contributed by atoms with E-state index in [1.807, 2.05) is 26.0 Å². The Hall–Kier alpha value is -2.08. The Morgan fingerprint density at radius 2 is 1.71 bits per heavy atom. The van der Waals surface area contributed by atoms with Gasteiger partial charge in [-0.2, -0.15) is 0 Å². The molecule has 0 spiro atoms. The van der Waals surface area contributed by atoms with Crippen LogP contribution in [0.2, 0.25) is 0 Å². The number of amides is 1. The van der Waals surface area contributed by atoms with Crippen molar-refractivity contribution in [3.63, 3.8) is 0 Å². The quantitative estimate of drug-likeness (QED) is 0.766. The number of carbonyl (C=O) groups is 2. The second-order valence-electron chi connectivity index (χ2n) is 8.99. The number of Topliss-reactive ketones (excluding diaryl/α,β-unsaturated/α-hetero) is 1. The van der Waals surface area contributed by atoms with E-state index in [1.165, 1.54) is 0 Å². The number of carbonyl (C=O) groups excluding carboxylic acids is 2. The normalized spacial score (nSPS) is 21.4. The highest BCUT2D eigenvalue weighted by Gasteiger charge is 2.28. The molecular weight excluding hydrogens is 394 g/mol. The molecule has 2 heterocycles. The molecule has 31 heavy (non-hydrogen) atoms. The van der Waals surface area contributed by atoms with Crippen LogP contribution in [-0.2, 0) is 27.2 Å². The zero-order chi connectivity index (χ0) is 22.2. The molecule has 0 saturated carbocycles. The fourth-order valence-electron chi connectivity index (χ4n) is 4.64. The van der Waals surface area contributed by atoms with Crippen LogP contribution < -0.4 is 14.8 Å². The number of ketones is 1. The molecule has 2 aliphatic heterocycles. The molecule has 0 aromatic heterocycles. The Balaban J connectivity index is 1.79. The van der Waals surface area contributed by atoms with E-state index in [2.05, 4.69) is 5.32 Å². The molecule has 0 aliphatic carbocycles. The zero-order valence-electron chi connectivity index (χ0n) is 19.2. The minimum absolute atomic E-state index is 0.00807. The minimum atomic E-state index is 0.00807. The van der Waals surface area contributed by atoms with E-state index in [-0.39, 0.29) is 23.8 Å². The Labute approximate surface area is 186 Å². The summed E-state index contributed by atoms with van der Waals surface area (Å²) in [5.41, 5.74) is 2.07. The van der Waals surface area contributed by atoms with Crippen LogP contribution in [-0.4, -0.2) is 44.7 Å². The van der Waals surface area contributed by atoms with Crippen LogP contribution in [0.3, 0.4) is 0 Å². The summed E-state index contributed by atoms with van der Waals surface area (Å²) in [4.78, 5) is 25.7. The number of ether oxygens (including phenoxy) is 3. The summed E-state index contributed by atoms with van der Waals surface area (Å²) < 4.78 is 16.9. The van der Waals surface area contributed by atoms with Gasteiger partial charge in [0.05, 0.1) is 19.6 Å². The zero-order valence-corrected chi connectivity index (χ0v) is 19.2. The topological polar surface area (TPSA) is 73.9 Å². The summed E-state index contributed by atoms with van der Waals surface area (Å²) in [6, 6.07) is 3.95. The highest BCUT2D eigenvalue weighted by molar-refractivity contribution is 5.83. The fraction of sp³-hybridized carbons (Fsp3) is 0.680. The predicted octanol–water partition coefficient (Wildman–Crippen LogP) is 3.87. The molecular formula is C25H37NO5. The first-order valence-corrected chi connectivity index (χ1v) is 11.7. The third kappa shape index (κ3) is 6.70. The van der Waals surface area contributed by atoms with Gasteiger partial charge in [0.15, 0.2) is 11.5 Å². The molecule has 1 aromatic rings. The van der Waals surface area contributed by atoms with E-state index in [4.69, 9.17) is 14.2 Å². The highest BCUT2D eigenvalue weighted by atomic mass is 16.5. The maximum Gasteiger partial charge on any atom is 0.224 e. The maximum absolute atomic E-state index is 13.2. The molecule has 0 bridgehead atoms. The van der Waals surface area contributed by atoms with Gasteiger partial charge in [0, 0.05) is 31.6 Å². The SMILES string of the molecule is COc1cc2c(cc1OC(C)C)CCCC(C(=O)C1CCOCC1)CCCNC(=O)C2. The van der Waals surface area contributed by atoms with Gasteiger partial charge in [-0.05, 0) is 82.1 Å². The van der Waals surface area contributed by atoms with E-state index in [0.717, 1.165) is 56.1 Å². The first-order valence-electron chi connectivity index (χ1n) is 11.7. The molecule has 1 saturated heterocycles. The molecule has 172 valence electrons. The predicted molar refractivity (Wildman–Crippen MR) is 120 cm³/mol. The molecule has 0 radical (unpaired) electrons. The van der Waals surface area contributed by atoms with E-state index < -0.39 is 0 Å². The Bertz CT molecular complexity index is 755. The van der Waals surface area contributed by atoms with Crippen LogP contribution in [0.1, 0.15) is 63.5 Å². The maximum atomic E-state index is 13.2. The monoisotopic (exact) mass is 431 g/mol. The number of methoxy groups -OCH3 is 1. The van der Waals surface area contributed by atoms with Gasteiger partial charge in [0.25, 0.3) is 0 Å². The number of aryl methyl sites for hydroxylation is 1. The molecule has 1 N–H and O–H groups in total. The number of benzene rings is 1. The molecule has 1 unspecified atom stereocenters. The van der Waals surface area contributed by atoms with Crippen molar-refractivity contribution in [2.24, 2.45) is 11.8 Å².